The summed E-state index contributed by atoms with van der Waals surface area (Å²) in [6.45, 7) is 2.61. The van der Waals surface area contributed by atoms with Crippen LogP contribution in [0.15, 0.2) is 71.9 Å². The molecule has 4 aromatic rings. The number of carbonyl (C=O) groups is 1. The molecule has 2 aromatic carbocycles. The lowest BCUT2D eigenvalue weighted by molar-refractivity contribution is -0.127. The first-order valence-corrected chi connectivity index (χ1v) is 10.2. The molecule has 0 aliphatic heterocycles. The van der Waals surface area contributed by atoms with Gasteiger partial charge in [0, 0.05) is 6.54 Å². The number of amides is 1. The van der Waals surface area contributed by atoms with Gasteiger partial charge in [0.2, 0.25) is 0 Å². The van der Waals surface area contributed by atoms with E-state index >= 15 is 0 Å². The highest BCUT2D eigenvalue weighted by Gasteiger charge is 2.15. The fourth-order valence-electron chi connectivity index (χ4n) is 3.25. The normalized spacial score (nSPS) is 11.9. The van der Waals surface area contributed by atoms with Gasteiger partial charge < -0.3 is 10.1 Å². The van der Waals surface area contributed by atoms with Crippen LogP contribution < -0.4 is 15.6 Å². The van der Waals surface area contributed by atoms with Gasteiger partial charge in [0.1, 0.15) is 23.3 Å². The second kappa shape index (κ2) is 9.42. The van der Waals surface area contributed by atoms with Crippen LogP contribution >= 0.6 is 0 Å². The first-order chi connectivity index (χ1) is 15.5. The van der Waals surface area contributed by atoms with E-state index in [1.807, 2.05) is 18.2 Å². The molecule has 32 heavy (non-hydrogen) atoms. The van der Waals surface area contributed by atoms with E-state index in [9.17, 15) is 14.0 Å². The van der Waals surface area contributed by atoms with E-state index < -0.39 is 6.10 Å². The van der Waals surface area contributed by atoms with Crippen molar-refractivity contribution in [2.75, 3.05) is 6.54 Å². The summed E-state index contributed by atoms with van der Waals surface area (Å²) < 4.78 is 21.7. The Hall–Kier alpha value is -4.01. The quantitative estimate of drug-likeness (QED) is 0.459. The van der Waals surface area contributed by atoms with Gasteiger partial charge >= 0.3 is 0 Å². The van der Waals surface area contributed by atoms with Crippen molar-refractivity contribution in [3.8, 4) is 5.75 Å². The smallest absolute Gasteiger partial charge is 0.264 e. The van der Waals surface area contributed by atoms with Gasteiger partial charge in [-0.3, -0.25) is 14.2 Å². The molecule has 1 amide bonds. The van der Waals surface area contributed by atoms with Crippen LogP contribution in [0.25, 0.3) is 11.0 Å². The van der Waals surface area contributed by atoms with Gasteiger partial charge in [-0.1, -0.05) is 30.3 Å². The number of aromatic nitrogens is 4. The zero-order valence-electron chi connectivity index (χ0n) is 17.4. The van der Waals surface area contributed by atoms with Gasteiger partial charge in [0.25, 0.3) is 11.5 Å². The minimum atomic E-state index is -0.649. The Morgan fingerprint density at radius 3 is 2.66 bits per heavy atom. The molecule has 0 aliphatic carbocycles. The number of nitrogens with zero attached hydrogens (tertiary/aromatic N) is 4. The number of benzene rings is 2. The summed E-state index contributed by atoms with van der Waals surface area (Å²) in [6, 6.07) is 15.1. The number of carbonyl (C=O) groups excluding carboxylic acids is 1. The lowest BCUT2D eigenvalue weighted by Gasteiger charge is -2.14. The van der Waals surface area contributed by atoms with Crippen molar-refractivity contribution in [1.82, 2.24) is 24.6 Å². The fourth-order valence-corrected chi connectivity index (χ4v) is 3.25. The van der Waals surface area contributed by atoms with E-state index in [1.165, 1.54) is 29.2 Å². The molecular formula is C23H22FN5O3. The molecule has 0 bridgehead atoms. The molecule has 2 heterocycles. The summed E-state index contributed by atoms with van der Waals surface area (Å²) >= 11 is 0. The summed E-state index contributed by atoms with van der Waals surface area (Å²) in [5.74, 6) is 0.0401. The SMILES string of the molecule is C[C@@H](Oc1ccccc1)C(=O)NCCn1ncc2c(=O)n(Cc3ccc(F)cc3)cnc21. The summed E-state index contributed by atoms with van der Waals surface area (Å²) in [5.41, 5.74) is 0.990. The summed E-state index contributed by atoms with van der Waals surface area (Å²) in [7, 11) is 0. The Bertz CT molecular complexity index is 1270. The largest absolute Gasteiger partial charge is 0.481 e. The molecule has 2 aromatic heterocycles. The molecule has 164 valence electrons. The molecule has 0 fully saturated rings. The van der Waals surface area contributed by atoms with E-state index in [2.05, 4.69) is 15.4 Å². The standard InChI is InChI=1S/C23H22FN5O3/c1-16(32-19-5-3-2-4-6-19)22(30)25-11-12-29-21-20(13-27-29)23(31)28(15-26-21)14-17-7-9-18(24)10-8-17/h2-10,13,15-16H,11-12,14H2,1H3,(H,25,30)/t16-/m1/s1. The zero-order valence-corrected chi connectivity index (χ0v) is 17.4. The van der Waals surface area contributed by atoms with E-state index in [0.29, 0.717) is 29.9 Å². The number of fused-ring (bicyclic) bond motifs is 1. The summed E-state index contributed by atoms with van der Waals surface area (Å²) in [6.07, 6.45) is 2.26. The number of rotatable bonds is 8. The Morgan fingerprint density at radius 1 is 1.16 bits per heavy atom. The van der Waals surface area contributed by atoms with Crippen LogP contribution in [0.3, 0.4) is 0 Å². The van der Waals surface area contributed by atoms with Gasteiger partial charge in [-0.2, -0.15) is 5.10 Å². The molecule has 4 rings (SSSR count). The van der Waals surface area contributed by atoms with E-state index in [4.69, 9.17) is 4.74 Å². The molecule has 0 aliphatic rings. The maximum atomic E-state index is 13.1. The van der Waals surface area contributed by atoms with Gasteiger partial charge in [0.15, 0.2) is 11.8 Å². The monoisotopic (exact) mass is 435 g/mol. The highest BCUT2D eigenvalue weighted by atomic mass is 19.1. The molecule has 0 unspecified atom stereocenters. The Morgan fingerprint density at radius 2 is 1.91 bits per heavy atom. The predicted molar refractivity (Wildman–Crippen MR) is 117 cm³/mol. The van der Waals surface area contributed by atoms with Gasteiger partial charge in [-0.05, 0) is 36.8 Å². The van der Waals surface area contributed by atoms with E-state index in [1.54, 1.807) is 35.9 Å². The van der Waals surface area contributed by atoms with E-state index in [-0.39, 0.29) is 23.8 Å². The van der Waals surface area contributed by atoms with Crippen LogP contribution in [-0.2, 0) is 17.9 Å². The highest BCUT2D eigenvalue weighted by molar-refractivity contribution is 5.80. The van der Waals surface area contributed by atoms with Crippen LogP contribution in [-0.4, -0.2) is 37.9 Å². The van der Waals surface area contributed by atoms with Crippen LogP contribution in [0.4, 0.5) is 4.39 Å². The second-order valence-corrected chi connectivity index (χ2v) is 7.27. The summed E-state index contributed by atoms with van der Waals surface area (Å²) in [4.78, 5) is 29.4. The lowest BCUT2D eigenvalue weighted by atomic mass is 10.2. The molecule has 0 saturated carbocycles. The first-order valence-electron chi connectivity index (χ1n) is 10.2. The number of hydrogen-bond acceptors (Lipinski definition) is 5. The Labute approximate surface area is 183 Å². The molecule has 0 spiro atoms. The first kappa shape index (κ1) is 21.2. The summed E-state index contributed by atoms with van der Waals surface area (Å²) in [5, 5.41) is 7.41. The zero-order chi connectivity index (χ0) is 22.5. The average molecular weight is 435 g/mol. The molecule has 9 heteroatoms. The van der Waals surface area contributed by atoms with Crippen molar-refractivity contribution in [2.24, 2.45) is 0 Å². The fraction of sp³-hybridized carbons (Fsp3) is 0.217. The molecule has 1 N–H and O–H groups in total. The van der Waals surface area contributed by atoms with Gasteiger partial charge in [0.05, 0.1) is 19.3 Å². The topological polar surface area (TPSA) is 91.0 Å². The Kier molecular flexibility index (Phi) is 6.25. The molecular weight excluding hydrogens is 413 g/mol. The maximum absolute atomic E-state index is 13.1. The van der Waals surface area contributed by atoms with Gasteiger partial charge in [-0.15, -0.1) is 0 Å². The third-order valence-electron chi connectivity index (χ3n) is 4.94. The minimum Gasteiger partial charge on any atom is -0.481 e. The maximum Gasteiger partial charge on any atom is 0.264 e. The minimum absolute atomic E-state index is 0.237. The molecule has 8 nitrogen and oxygen atoms in total. The Balaban J connectivity index is 1.37. The van der Waals surface area contributed by atoms with Crippen molar-refractivity contribution < 1.29 is 13.9 Å². The van der Waals surface area contributed by atoms with Crippen LogP contribution in [0, 0.1) is 5.82 Å². The number of para-hydroxylation sites is 1. The van der Waals surface area contributed by atoms with Crippen LogP contribution in [0.1, 0.15) is 12.5 Å². The van der Waals surface area contributed by atoms with Crippen LogP contribution in [0.5, 0.6) is 5.75 Å². The van der Waals surface area contributed by atoms with Crippen molar-refractivity contribution in [2.45, 2.75) is 26.1 Å². The number of halogens is 1. The number of nitrogens with one attached hydrogen (secondary N) is 1. The van der Waals surface area contributed by atoms with Crippen molar-refractivity contribution in [3.05, 3.63) is 88.9 Å². The highest BCUT2D eigenvalue weighted by Crippen LogP contribution is 2.11. The third-order valence-corrected chi connectivity index (χ3v) is 4.94. The molecule has 0 saturated heterocycles. The van der Waals surface area contributed by atoms with Crippen molar-refractivity contribution >= 4 is 16.9 Å². The third kappa shape index (κ3) is 4.83. The van der Waals surface area contributed by atoms with Gasteiger partial charge in [-0.25, -0.2) is 14.1 Å². The molecule has 1 atom stereocenters. The van der Waals surface area contributed by atoms with Crippen molar-refractivity contribution in [3.63, 3.8) is 0 Å². The number of ether oxygens (including phenoxy) is 1. The van der Waals surface area contributed by atoms with E-state index in [0.717, 1.165) is 5.56 Å². The lowest BCUT2D eigenvalue weighted by Crippen LogP contribution is -2.38. The predicted octanol–water partition coefficient (Wildman–Crippen LogP) is 2.36. The molecule has 0 radical (unpaired) electrons. The van der Waals surface area contributed by atoms with Crippen molar-refractivity contribution in [1.29, 1.82) is 0 Å². The van der Waals surface area contributed by atoms with Crippen LogP contribution in [0.2, 0.25) is 0 Å². The number of hydrogen-bond donors (Lipinski definition) is 1. The average Bonchev–Trinajstić information content (AvgIpc) is 3.21. The second-order valence-electron chi connectivity index (χ2n) is 7.27.